The number of carboxylic acids is 1. The number of carbonyl (C=O) groups excluding carboxylic acids is 2. The predicted molar refractivity (Wildman–Crippen MR) is 78.9 cm³/mol. The lowest BCUT2D eigenvalue weighted by Gasteiger charge is -2.25. The minimum atomic E-state index is -1.09. The van der Waals surface area contributed by atoms with Gasteiger partial charge in [0.25, 0.3) is 5.91 Å². The number of amides is 2. The Balaban J connectivity index is 2.12. The number of nitrogens with zero attached hydrogens (tertiary/aromatic N) is 3. The largest absolute Gasteiger partial charge is 0.480 e. The molecule has 0 fully saturated rings. The average Bonchev–Trinajstić information content (AvgIpc) is 2.49. The maximum Gasteiger partial charge on any atom is 0.323 e. The molecule has 7 nitrogen and oxygen atoms in total. The van der Waals surface area contributed by atoms with E-state index in [2.05, 4.69) is 5.10 Å². The first kappa shape index (κ1) is 15.7. The van der Waals surface area contributed by atoms with Crippen molar-refractivity contribution in [2.45, 2.75) is 19.4 Å². The molecule has 1 N–H and O–H groups in total. The molecule has 2 rings (SSSR count). The number of hydrazone groups is 1. The van der Waals surface area contributed by atoms with E-state index in [4.69, 9.17) is 5.11 Å². The second kappa shape index (κ2) is 6.84. The highest BCUT2D eigenvalue weighted by molar-refractivity contribution is 6.39. The van der Waals surface area contributed by atoms with E-state index in [9.17, 15) is 14.4 Å². The summed E-state index contributed by atoms with van der Waals surface area (Å²) in [7, 11) is 1.40. The summed E-state index contributed by atoms with van der Waals surface area (Å²) in [4.78, 5) is 35.8. The van der Waals surface area contributed by atoms with Gasteiger partial charge >= 0.3 is 5.97 Å². The molecule has 22 heavy (non-hydrogen) atoms. The van der Waals surface area contributed by atoms with Crippen LogP contribution in [0.15, 0.2) is 35.4 Å². The molecular formula is C15H17N3O4. The van der Waals surface area contributed by atoms with Crippen LogP contribution in [-0.2, 0) is 20.9 Å². The van der Waals surface area contributed by atoms with Crippen molar-refractivity contribution in [3.05, 3.63) is 35.9 Å². The van der Waals surface area contributed by atoms with Crippen LogP contribution in [0.1, 0.15) is 18.4 Å². The van der Waals surface area contributed by atoms with Crippen LogP contribution in [0.5, 0.6) is 0 Å². The Morgan fingerprint density at radius 2 is 1.95 bits per heavy atom. The van der Waals surface area contributed by atoms with Crippen LogP contribution in [0.25, 0.3) is 0 Å². The number of aliphatic carboxylic acids is 1. The van der Waals surface area contributed by atoms with E-state index < -0.39 is 18.4 Å². The van der Waals surface area contributed by atoms with Gasteiger partial charge in [0.1, 0.15) is 12.3 Å². The number of carbonyl (C=O) groups is 3. The van der Waals surface area contributed by atoms with Crippen LogP contribution in [0.2, 0.25) is 0 Å². The smallest absolute Gasteiger partial charge is 0.323 e. The van der Waals surface area contributed by atoms with Crippen LogP contribution in [0.4, 0.5) is 0 Å². The van der Waals surface area contributed by atoms with Gasteiger partial charge in [0.05, 0.1) is 6.54 Å². The van der Waals surface area contributed by atoms with E-state index in [1.54, 1.807) is 0 Å². The van der Waals surface area contributed by atoms with Gasteiger partial charge in [-0.25, -0.2) is 5.01 Å². The standard InChI is InChI=1S/C15H17N3O4/c1-17(10-14(20)21)15(22)12-7-8-13(19)18(16-12)9-11-5-3-2-4-6-11/h2-6H,7-10H2,1H3,(H,20,21). The second-order valence-corrected chi connectivity index (χ2v) is 5.04. The molecule has 2 amide bonds. The minimum Gasteiger partial charge on any atom is -0.480 e. The molecule has 1 aromatic rings. The summed E-state index contributed by atoms with van der Waals surface area (Å²) in [5.74, 6) is -1.71. The van der Waals surface area contributed by atoms with E-state index in [0.29, 0.717) is 6.54 Å². The highest BCUT2D eigenvalue weighted by Crippen LogP contribution is 2.14. The monoisotopic (exact) mass is 303 g/mol. The number of carboxylic acid groups (broad SMARTS) is 1. The Kier molecular flexibility index (Phi) is 4.88. The van der Waals surface area contributed by atoms with Crippen molar-refractivity contribution < 1.29 is 19.5 Å². The first-order valence-electron chi connectivity index (χ1n) is 6.86. The number of rotatable bonds is 5. The Labute approximate surface area is 127 Å². The molecule has 1 aliphatic heterocycles. The summed E-state index contributed by atoms with van der Waals surface area (Å²) < 4.78 is 0. The molecule has 0 atom stereocenters. The minimum absolute atomic E-state index is 0.152. The zero-order chi connectivity index (χ0) is 16.1. The van der Waals surface area contributed by atoms with Crippen molar-refractivity contribution in [3.8, 4) is 0 Å². The highest BCUT2D eigenvalue weighted by Gasteiger charge is 2.26. The average molecular weight is 303 g/mol. The van der Waals surface area contributed by atoms with E-state index in [1.807, 2.05) is 30.3 Å². The SMILES string of the molecule is CN(CC(=O)O)C(=O)C1=NN(Cc2ccccc2)C(=O)CC1. The van der Waals surface area contributed by atoms with Crippen LogP contribution in [0, 0.1) is 0 Å². The molecule has 1 aromatic carbocycles. The summed E-state index contributed by atoms with van der Waals surface area (Å²) in [6, 6.07) is 9.34. The maximum atomic E-state index is 12.1. The maximum absolute atomic E-state index is 12.1. The lowest BCUT2D eigenvalue weighted by atomic mass is 10.1. The fourth-order valence-electron chi connectivity index (χ4n) is 2.13. The number of hydrogen-bond acceptors (Lipinski definition) is 4. The molecule has 1 aliphatic rings. The van der Waals surface area contributed by atoms with Gasteiger partial charge < -0.3 is 10.0 Å². The van der Waals surface area contributed by atoms with Gasteiger partial charge in [-0.05, 0) is 5.56 Å². The summed E-state index contributed by atoms with van der Waals surface area (Å²) in [6.07, 6.45) is 0.422. The van der Waals surface area contributed by atoms with Gasteiger partial charge in [0.15, 0.2) is 0 Å². The van der Waals surface area contributed by atoms with Crippen LogP contribution in [-0.4, -0.2) is 52.1 Å². The molecule has 0 bridgehead atoms. The molecule has 0 spiro atoms. The fraction of sp³-hybridized carbons (Fsp3) is 0.333. The first-order valence-corrected chi connectivity index (χ1v) is 6.86. The van der Waals surface area contributed by atoms with E-state index in [-0.39, 0.29) is 24.5 Å². The molecular weight excluding hydrogens is 286 g/mol. The van der Waals surface area contributed by atoms with E-state index in [1.165, 1.54) is 12.1 Å². The molecule has 116 valence electrons. The van der Waals surface area contributed by atoms with Crippen molar-refractivity contribution in [1.82, 2.24) is 9.91 Å². The zero-order valence-corrected chi connectivity index (χ0v) is 12.2. The summed E-state index contributed by atoms with van der Waals surface area (Å²) >= 11 is 0. The Morgan fingerprint density at radius 3 is 2.59 bits per heavy atom. The van der Waals surface area contributed by atoms with Gasteiger partial charge in [0, 0.05) is 19.9 Å². The quantitative estimate of drug-likeness (QED) is 0.867. The Hall–Kier alpha value is -2.70. The number of likely N-dealkylation sites (N-methyl/N-ethyl adjacent to an activating group) is 1. The van der Waals surface area contributed by atoms with Crippen molar-refractivity contribution in [2.24, 2.45) is 5.10 Å². The third-order valence-corrected chi connectivity index (χ3v) is 3.25. The number of hydrogen-bond donors (Lipinski definition) is 1. The third kappa shape index (κ3) is 3.91. The Morgan fingerprint density at radius 1 is 1.27 bits per heavy atom. The van der Waals surface area contributed by atoms with Crippen molar-refractivity contribution in [2.75, 3.05) is 13.6 Å². The molecule has 1 heterocycles. The molecule has 0 aromatic heterocycles. The van der Waals surface area contributed by atoms with Crippen molar-refractivity contribution >= 4 is 23.5 Å². The molecule has 0 saturated heterocycles. The van der Waals surface area contributed by atoms with Gasteiger partial charge in [-0.1, -0.05) is 30.3 Å². The van der Waals surface area contributed by atoms with Gasteiger partial charge in [-0.15, -0.1) is 0 Å². The fourth-order valence-corrected chi connectivity index (χ4v) is 2.13. The van der Waals surface area contributed by atoms with Crippen LogP contribution >= 0.6 is 0 Å². The summed E-state index contributed by atoms with van der Waals surface area (Å²) in [6.45, 7) is -0.108. The van der Waals surface area contributed by atoms with Crippen molar-refractivity contribution in [3.63, 3.8) is 0 Å². The van der Waals surface area contributed by atoms with Crippen LogP contribution in [0.3, 0.4) is 0 Å². The molecule has 0 aliphatic carbocycles. The molecule has 0 radical (unpaired) electrons. The molecule has 0 unspecified atom stereocenters. The van der Waals surface area contributed by atoms with E-state index >= 15 is 0 Å². The first-order chi connectivity index (χ1) is 10.5. The Bertz CT molecular complexity index is 612. The summed E-state index contributed by atoms with van der Waals surface area (Å²) in [5, 5.41) is 14.1. The lowest BCUT2D eigenvalue weighted by Crippen LogP contribution is -2.41. The lowest BCUT2D eigenvalue weighted by molar-refractivity contribution is -0.141. The number of benzene rings is 1. The van der Waals surface area contributed by atoms with Crippen molar-refractivity contribution in [1.29, 1.82) is 0 Å². The predicted octanol–water partition coefficient (Wildman–Crippen LogP) is 0.708. The zero-order valence-electron chi connectivity index (χ0n) is 12.2. The topological polar surface area (TPSA) is 90.3 Å². The normalized spacial score (nSPS) is 14.5. The third-order valence-electron chi connectivity index (χ3n) is 3.25. The van der Waals surface area contributed by atoms with Gasteiger partial charge in [-0.3, -0.25) is 14.4 Å². The van der Waals surface area contributed by atoms with Crippen LogP contribution < -0.4 is 0 Å². The second-order valence-electron chi connectivity index (χ2n) is 5.04. The molecule has 0 saturated carbocycles. The molecule has 7 heteroatoms. The van der Waals surface area contributed by atoms with Gasteiger partial charge in [0.2, 0.25) is 5.91 Å². The highest BCUT2D eigenvalue weighted by atomic mass is 16.4. The van der Waals surface area contributed by atoms with E-state index in [0.717, 1.165) is 10.5 Å². The summed E-state index contributed by atoms with van der Waals surface area (Å²) in [5.41, 5.74) is 1.12. The van der Waals surface area contributed by atoms with Gasteiger partial charge in [-0.2, -0.15) is 5.10 Å².